The largest absolute Gasteiger partial charge is 0.370 e. The van der Waals surface area contributed by atoms with Crippen molar-refractivity contribution in [1.29, 1.82) is 0 Å². The summed E-state index contributed by atoms with van der Waals surface area (Å²) in [7, 11) is 0. The molecule has 0 fully saturated rings. The van der Waals surface area contributed by atoms with Crippen LogP contribution in [0.2, 0.25) is 0 Å². The van der Waals surface area contributed by atoms with E-state index < -0.39 is 4.92 Å². The third-order valence-electron chi connectivity index (χ3n) is 2.89. The lowest BCUT2D eigenvalue weighted by atomic mass is 10.3. The van der Waals surface area contributed by atoms with E-state index in [0.717, 1.165) is 6.42 Å². The Balaban J connectivity index is 2.12. The molecule has 0 saturated carbocycles. The van der Waals surface area contributed by atoms with Crippen LogP contribution in [0.3, 0.4) is 0 Å². The van der Waals surface area contributed by atoms with Crippen molar-refractivity contribution in [2.75, 3.05) is 17.2 Å². The second-order valence-corrected chi connectivity index (χ2v) is 5.71. The maximum atomic E-state index is 11.0. The van der Waals surface area contributed by atoms with Crippen molar-refractivity contribution in [3.63, 3.8) is 0 Å². The Hall–Kier alpha value is -2.15. The lowest BCUT2D eigenvalue weighted by Crippen LogP contribution is -2.05. The van der Waals surface area contributed by atoms with Gasteiger partial charge >= 0.3 is 0 Å². The van der Waals surface area contributed by atoms with Crippen LogP contribution in [0.1, 0.15) is 23.6 Å². The maximum Gasteiger partial charge on any atom is 0.276 e. The first kappa shape index (κ1) is 15.2. The van der Waals surface area contributed by atoms with Crippen molar-refractivity contribution in [3.8, 4) is 0 Å². The Morgan fingerprint density at radius 1 is 1.19 bits per heavy atom. The van der Waals surface area contributed by atoms with Crippen molar-refractivity contribution < 1.29 is 4.92 Å². The van der Waals surface area contributed by atoms with Crippen LogP contribution in [0, 0.1) is 10.1 Å². The molecule has 112 valence electrons. The molecule has 2 rings (SSSR count). The lowest BCUT2D eigenvalue weighted by Gasteiger charge is -2.07. The summed E-state index contributed by atoms with van der Waals surface area (Å²) in [5, 5.41) is 17.1. The van der Waals surface area contributed by atoms with Gasteiger partial charge in [-0.05, 0) is 25.5 Å². The number of nitrogens with zero attached hydrogens (tertiary/aromatic N) is 2. The first-order valence-corrected chi connectivity index (χ1v) is 7.65. The standard InChI is InChI=1S/C14H18N4O2S/c1-3-11-5-6-12(21-11)9-16-14-8-10(18(19)20)7-13(17-14)15-4-2/h5-8H,3-4,9H2,1-2H3,(H2,15,16,17). The number of hydrogen-bond acceptors (Lipinski definition) is 6. The molecule has 0 saturated heterocycles. The zero-order chi connectivity index (χ0) is 15.2. The van der Waals surface area contributed by atoms with Gasteiger partial charge in [0.2, 0.25) is 0 Å². The van der Waals surface area contributed by atoms with E-state index in [1.807, 2.05) is 6.92 Å². The Labute approximate surface area is 127 Å². The summed E-state index contributed by atoms with van der Waals surface area (Å²) >= 11 is 1.74. The van der Waals surface area contributed by atoms with Crippen LogP contribution in [0.5, 0.6) is 0 Å². The molecule has 0 radical (unpaired) electrons. The molecular formula is C14H18N4O2S. The van der Waals surface area contributed by atoms with Gasteiger partial charge in [0.25, 0.3) is 5.69 Å². The topological polar surface area (TPSA) is 80.1 Å². The molecule has 0 unspecified atom stereocenters. The van der Waals surface area contributed by atoms with Crippen LogP contribution in [0.25, 0.3) is 0 Å². The minimum absolute atomic E-state index is 0.0314. The highest BCUT2D eigenvalue weighted by Gasteiger charge is 2.11. The summed E-state index contributed by atoms with van der Waals surface area (Å²) in [6.45, 7) is 5.32. The smallest absolute Gasteiger partial charge is 0.276 e. The van der Waals surface area contributed by atoms with Gasteiger partial charge in [-0.15, -0.1) is 11.3 Å². The zero-order valence-corrected chi connectivity index (χ0v) is 12.9. The van der Waals surface area contributed by atoms with Crippen molar-refractivity contribution in [2.45, 2.75) is 26.8 Å². The molecule has 6 nitrogen and oxygen atoms in total. The second kappa shape index (κ2) is 7.03. The molecule has 0 aliphatic carbocycles. The van der Waals surface area contributed by atoms with Crippen LogP contribution in [-0.2, 0) is 13.0 Å². The van der Waals surface area contributed by atoms with Crippen molar-refractivity contribution in [2.24, 2.45) is 0 Å². The number of anilines is 2. The Bertz CT molecular complexity index is 627. The molecule has 7 heteroatoms. The third kappa shape index (κ3) is 4.16. The van der Waals surface area contributed by atoms with Gasteiger partial charge in [-0.25, -0.2) is 4.98 Å². The molecule has 2 heterocycles. The first-order chi connectivity index (χ1) is 10.1. The SMILES string of the molecule is CCNc1cc([N+](=O)[O-])cc(NCc2ccc(CC)s2)n1. The average Bonchev–Trinajstić information content (AvgIpc) is 2.93. The molecule has 2 N–H and O–H groups in total. The summed E-state index contributed by atoms with van der Waals surface area (Å²) in [6, 6.07) is 7.07. The van der Waals surface area contributed by atoms with Crippen LogP contribution >= 0.6 is 11.3 Å². The van der Waals surface area contributed by atoms with Gasteiger partial charge in [-0.1, -0.05) is 6.92 Å². The number of aromatic nitrogens is 1. The Morgan fingerprint density at radius 3 is 2.43 bits per heavy atom. The summed E-state index contributed by atoms with van der Waals surface area (Å²) in [5.74, 6) is 1.02. The third-order valence-corrected chi connectivity index (χ3v) is 4.12. The van der Waals surface area contributed by atoms with Gasteiger partial charge in [0.1, 0.15) is 11.6 Å². The van der Waals surface area contributed by atoms with Crippen molar-refractivity contribution in [3.05, 3.63) is 44.1 Å². The van der Waals surface area contributed by atoms with Crippen LogP contribution in [0.4, 0.5) is 17.3 Å². The molecule has 0 spiro atoms. The summed E-state index contributed by atoms with van der Waals surface area (Å²) < 4.78 is 0. The predicted molar refractivity (Wildman–Crippen MR) is 86.1 cm³/mol. The van der Waals surface area contributed by atoms with Crippen molar-refractivity contribution >= 4 is 28.7 Å². The van der Waals surface area contributed by atoms with E-state index in [2.05, 4.69) is 34.7 Å². The van der Waals surface area contributed by atoms with E-state index in [1.165, 1.54) is 21.9 Å². The fraction of sp³-hybridized carbons (Fsp3) is 0.357. The molecule has 0 aliphatic heterocycles. The number of hydrogen-bond donors (Lipinski definition) is 2. The number of aryl methyl sites for hydroxylation is 1. The minimum atomic E-state index is -0.409. The zero-order valence-electron chi connectivity index (χ0n) is 12.0. The van der Waals surface area contributed by atoms with E-state index in [0.29, 0.717) is 24.7 Å². The molecule has 2 aromatic rings. The number of pyridine rings is 1. The molecule has 0 aliphatic rings. The quantitative estimate of drug-likeness (QED) is 0.603. The summed E-state index contributed by atoms with van der Waals surface area (Å²) in [4.78, 5) is 17.4. The molecule has 0 amide bonds. The highest BCUT2D eigenvalue weighted by Crippen LogP contribution is 2.22. The first-order valence-electron chi connectivity index (χ1n) is 6.84. The van der Waals surface area contributed by atoms with E-state index in [-0.39, 0.29) is 5.69 Å². The average molecular weight is 306 g/mol. The van der Waals surface area contributed by atoms with Crippen molar-refractivity contribution in [1.82, 2.24) is 4.98 Å². The fourth-order valence-electron chi connectivity index (χ4n) is 1.87. The van der Waals surface area contributed by atoms with E-state index in [4.69, 9.17) is 0 Å². The van der Waals surface area contributed by atoms with Gasteiger partial charge in [0, 0.05) is 16.3 Å². The summed E-state index contributed by atoms with van der Waals surface area (Å²) in [6.07, 6.45) is 1.02. The highest BCUT2D eigenvalue weighted by molar-refractivity contribution is 7.12. The van der Waals surface area contributed by atoms with E-state index in [9.17, 15) is 10.1 Å². The molecule has 21 heavy (non-hydrogen) atoms. The highest BCUT2D eigenvalue weighted by atomic mass is 32.1. The number of rotatable bonds is 7. The number of thiophene rings is 1. The summed E-state index contributed by atoms with van der Waals surface area (Å²) in [5.41, 5.74) is 0.0314. The van der Waals surface area contributed by atoms with Gasteiger partial charge in [0.15, 0.2) is 0 Å². The monoisotopic (exact) mass is 306 g/mol. The molecule has 2 aromatic heterocycles. The van der Waals surface area contributed by atoms with Crippen LogP contribution in [0.15, 0.2) is 24.3 Å². The number of nitro groups is 1. The predicted octanol–water partition coefficient (Wildman–Crippen LogP) is 3.66. The molecule has 0 bridgehead atoms. The molecular weight excluding hydrogens is 288 g/mol. The van der Waals surface area contributed by atoms with Gasteiger partial charge < -0.3 is 10.6 Å². The maximum absolute atomic E-state index is 11.0. The number of nitrogens with one attached hydrogen (secondary N) is 2. The van der Waals surface area contributed by atoms with E-state index >= 15 is 0 Å². The second-order valence-electron chi connectivity index (χ2n) is 4.46. The van der Waals surface area contributed by atoms with E-state index in [1.54, 1.807) is 11.3 Å². The van der Waals surface area contributed by atoms with Gasteiger partial charge in [-0.3, -0.25) is 10.1 Å². The normalized spacial score (nSPS) is 10.4. The molecule has 0 atom stereocenters. The minimum Gasteiger partial charge on any atom is -0.370 e. The van der Waals surface area contributed by atoms with Crippen LogP contribution < -0.4 is 10.6 Å². The Morgan fingerprint density at radius 2 is 1.86 bits per heavy atom. The lowest BCUT2D eigenvalue weighted by molar-refractivity contribution is -0.384. The Kier molecular flexibility index (Phi) is 5.10. The van der Waals surface area contributed by atoms with Crippen LogP contribution in [-0.4, -0.2) is 16.5 Å². The van der Waals surface area contributed by atoms with Gasteiger partial charge in [0.05, 0.1) is 23.6 Å². The fourth-order valence-corrected chi connectivity index (χ4v) is 2.77. The van der Waals surface area contributed by atoms with Gasteiger partial charge in [-0.2, -0.15) is 0 Å². The molecule has 0 aromatic carbocycles.